The summed E-state index contributed by atoms with van der Waals surface area (Å²) in [6, 6.07) is 5.88. The minimum absolute atomic E-state index is 0.139. The number of benzene rings is 1. The number of hydrogen-bond acceptors (Lipinski definition) is 5. The van der Waals surface area contributed by atoms with Crippen LogP contribution in [-0.2, 0) is 6.54 Å². The second-order valence-corrected chi connectivity index (χ2v) is 7.24. The van der Waals surface area contributed by atoms with Crippen LogP contribution in [0.25, 0.3) is 22.8 Å². The van der Waals surface area contributed by atoms with E-state index in [1.54, 1.807) is 6.20 Å². The van der Waals surface area contributed by atoms with Gasteiger partial charge in [0.05, 0.1) is 21.4 Å². The van der Waals surface area contributed by atoms with Gasteiger partial charge in [0.2, 0.25) is 5.82 Å². The first-order chi connectivity index (χ1) is 12.1. The van der Waals surface area contributed by atoms with E-state index in [4.69, 9.17) is 9.26 Å². The van der Waals surface area contributed by atoms with Crippen LogP contribution in [0, 0.1) is 3.57 Å². The zero-order valence-electron chi connectivity index (χ0n) is 14.6. The molecule has 0 fully saturated rings. The van der Waals surface area contributed by atoms with Gasteiger partial charge in [-0.15, -0.1) is 0 Å². The quantitative estimate of drug-likeness (QED) is 0.483. The Hall–Kier alpha value is -1.90. The second-order valence-electron chi connectivity index (χ2n) is 6.08. The van der Waals surface area contributed by atoms with Crippen molar-refractivity contribution in [3.63, 3.8) is 0 Å². The zero-order chi connectivity index (χ0) is 17.8. The Morgan fingerprint density at radius 3 is 2.84 bits per heavy atom. The fraction of sp³-hybridized carbons (Fsp3) is 0.389. The highest BCUT2D eigenvalue weighted by molar-refractivity contribution is 14.1. The maximum atomic E-state index is 5.76. The molecule has 0 amide bonds. The molecule has 25 heavy (non-hydrogen) atoms. The number of nitrogens with zero attached hydrogens (tertiary/aromatic N) is 4. The predicted octanol–water partition coefficient (Wildman–Crippen LogP) is 4.79. The van der Waals surface area contributed by atoms with Gasteiger partial charge in [0.25, 0.3) is 5.89 Å². The van der Waals surface area contributed by atoms with Crippen LogP contribution in [-0.4, -0.2) is 26.0 Å². The normalized spacial score (nSPS) is 11.2. The minimum atomic E-state index is 0.139. The predicted molar refractivity (Wildman–Crippen MR) is 104 cm³/mol. The van der Waals surface area contributed by atoms with E-state index < -0.39 is 0 Å². The number of halogens is 1. The van der Waals surface area contributed by atoms with E-state index in [-0.39, 0.29) is 6.10 Å². The van der Waals surface area contributed by atoms with Crippen LogP contribution in [0.15, 0.2) is 35.1 Å². The van der Waals surface area contributed by atoms with E-state index in [9.17, 15) is 0 Å². The van der Waals surface area contributed by atoms with Crippen LogP contribution >= 0.6 is 22.6 Å². The lowest BCUT2D eigenvalue weighted by molar-refractivity contribution is 0.240. The van der Waals surface area contributed by atoms with Gasteiger partial charge in [-0.2, -0.15) is 10.1 Å². The Morgan fingerprint density at radius 2 is 2.12 bits per heavy atom. The van der Waals surface area contributed by atoms with Crippen LogP contribution in [0.4, 0.5) is 0 Å². The fourth-order valence-corrected chi connectivity index (χ4v) is 3.01. The Balaban J connectivity index is 1.79. The Bertz CT molecular complexity index is 841. The van der Waals surface area contributed by atoms with E-state index in [1.807, 2.05) is 42.9 Å². The monoisotopic (exact) mass is 452 g/mol. The van der Waals surface area contributed by atoms with Gasteiger partial charge < -0.3 is 9.26 Å². The van der Waals surface area contributed by atoms with Crippen molar-refractivity contribution in [2.45, 2.75) is 46.3 Å². The van der Waals surface area contributed by atoms with Crippen LogP contribution < -0.4 is 4.74 Å². The molecule has 132 valence electrons. The highest BCUT2D eigenvalue weighted by atomic mass is 127. The topological polar surface area (TPSA) is 66.0 Å². The summed E-state index contributed by atoms with van der Waals surface area (Å²) >= 11 is 2.26. The lowest BCUT2D eigenvalue weighted by atomic mass is 10.2. The average Bonchev–Trinajstić information content (AvgIpc) is 3.23. The number of unbranched alkanes of at least 4 members (excludes halogenated alkanes) is 1. The van der Waals surface area contributed by atoms with Gasteiger partial charge in [0, 0.05) is 18.3 Å². The minimum Gasteiger partial charge on any atom is -0.490 e. The molecule has 7 heteroatoms. The Labute approximate surface area is 160 Å². The van der Waals surface area contributed by atoms with Gasteiger partial charge in [-0.1, -0.05) is 18.5 Å². The third-order valence-electron chi connectivity index (χ3n) is 3.60. The average molecular weight is 452 g/mol. The van der Waals surface area contributed by atoms with Crippen molar-refractivity contribution in [3.8, 4) is 28.6 Å². The third-order valence-corrected chi connectivity index (χ3v) is 4.44. The summed E-state index contributed by atoms with van der Waals surface area (Å²) < 4.78 is 14.1. The number of aromatic nitrogens is 4. The molecule has 6 nitrogen and oxygen atoms in total. The largest absolute Gasteiger partial charge is 0.490 e. The van der Waals surface area contributed by atoms with E-state index in [0.29, 0.717) is 11.7 Å². The Kier molecular flexibility index (Phi) is 5.72. The summed E-state index contributed by atoms with van der Waals surface area (Å²) in [5.41, 5.74) is 1.73. The number of ether oxygens (including phenoxy) is 1. The van der Waals surface area contributed by atoms with E-state index in [1.165, 1.54) is 0 Å². The van der Waals surface area contributed by atoms with Crippen molar-refractivity contribution in [3.05, 3.63) is 34.2 Å². The Morgan fingerprint density at radius 1 is 1.28 bits per heavy atom. The van der Waals surface area contributed by atoms with Gasteiger partial charge in [-0.05, 0) is 61.1 Å². The highest BCUT2D eigenvalue weighted by Crippen LogP contribution is 2.28. The molecule has 1 aromatic carbocycles. The number of hydrogen-bond donors (Lipinski definition) is 0. The first-order valence-corrected chi connectivity index (χ1v) is 9.47. The molecule has 0 aliphatic carbocycles. The van der Waals surface area contributed by atoms with Crippen molar-refractivity contribution in [2.75, 3.05) is 0 Å². The van der Waals surface area contributed by atoms with Crippen LogP contribution in [0.3, 0.4) is 0 Å². The van der Waals surface area contributed by atoms with E-state index in [2.05, 4.69) is 44.8 Å². The third kappa shape index (κ3) is 4.39. The van der Waals surface area contributed by atoms with Crippen molar-refractivity contribution in [2.24, 2.45) is 0 Å². The van der Waals surface area contributed by atoms with Gasteiger partial charge in [-0.3, -0.25) is 4.68 Å². The summed E-state index contributed by atoms with van der Waals surface area (Å²) in [7, 11) is 0. The summed E-state index contributed by atoms with van der Waals surface area (Å²) in [6.07, 6.45) is 6.07. The molecular formula is C18H21IN4O2. The maximum absolute atomic E-state index is 5.76. The van der Waals surface area contributed by atoms with Crippen LogP contribution in [0.5, 0.6) is 5.75 Å². The number of rotatable bonds is 7. The molecule has 0 aliphatic rings. The lowest BCUT2D eigenvalue weighted by Gasteiger charge is -2.11. The van der Waals surface area contributed by atoms with Gasteiger partial charge in [-0.25, -0.2) is 0 Å². The standard InChI is InChI=1S/C18H21IN4O2/c1-4-5-8-23-11-14(10-20-23)18-21-17(22-25-18)13-6-7-16(15(19)9-13)24-12(2)3/h6-7,9-12H,4-5,8H2,1-3H3. The number of aryl methyl sites for hydroxylation is 1. The van der Waals surface area contributed by atoms with Crippen molar-refractivity contribution < 1.29 is 9.26 Å². The maximum Gasteiger partial charge on any atom is 0.261 e. The smallest absolute Gasteiger partial charge is 0.261 e. The molecule has 3 aromatic rings. The van der Waals surface area contributed by atoms with Crippen LogP contribution in [0.1, 0.15) is 33.6 Å². The molecule has 0 atom stereocenters. The van der Waals surface area contributed by atoms with Crippen molar-refractivity contribution >= 4 is 22.6 Å². The molecule has 0 spiro atoms. The first-order valence-electron chi connectivity index (χ1n) is 8.40. The molecule has 0 saturated heterocycles. The van der Waals surface area contributed by atoms with Gasteiger partial charge >= 0.3 is 0 Å². The molecule has 0 aliphatic heterocycles. The van der Waals surface area contributed by atoms with E-state index in [0.717, 1.165) is 39.8 Å². The van der Waals surface area contributed by atoms with E-state index >= 15 is 0 Å². The lowest BCUT2D eigenvalue weighted by Crippen LogP contribution is -2.06. The molecular weight excluding hydrogens is 431 g/mol. The molecule has 0 bridgehead atoms. The van der Waals surface area contributed by atoms with Crippen LogP contribution in [0.2, 0.25) is 0 Å². The summed E-state index contributed by atoms with van der Waals surface area (Å²) in [4.78, 5) is 4.50. The molecule has 0 unspecified atom stereocenters. The molecule has 0 radical (unpaired) electrons. The molecule has 2 aromatic heterocycles. The molecule has 0 N–H and O–H groups in total. The molecule has 0 saturated carbocycles. The molecule has 2 heterocycles. The fourth-order valence-electron chi connectivity index (χ4n) is 2.36. The SMILES string of the molecule is CCCCn1cc(-c2nc(-c3ccc(OC(C)C)c(I)c3)no2)cn1. The van der Waals surface area contributed by atoms with Gasteiger partial charge in [0.1, 0.15) is 5.75 Å². The van der Waals surface area contributed by atoms with Crippen molar-refractivity contribution in [1.29, 1.82) is 0 Å². The van der Waals surface area contributed by atoms with Crippen molar-refractivity contribution in [1.82, 2.24) is 19.9 Å². The zero-order valence-corrected chi connectivity index (χ0v) is 16.7. The second kappa shape index (κ2) is 7.99. The van der Waals surface area contributed by atoms with Gasteiger partial charge in [0.15, 0.2) is 0 Å². The first kappa shape index (κ1) is 17.9. The summed E-state index contributed by atoms with van der Waals surface area (Å²) in [6.45, 7) is 7.08. The summed E-state index contributed by atoms with van der Waals surface area (Å²) in [5, 5.41) is 8.44. The summed E-state index contributed by atoms with van der Waals surface area (Å²) in [5.74, 6) is 1.90. The molecule has 3 rings (SSSR count). The highest BCUT2D eigenvalue weighted by Gasteiger charge is 2.14.